The van der Waals surface area contributed by atoms with Gasteiger partial charge in [0.15, 0.2) is 11.2 Å². The Labute approximate surface area is 247 Å². The molecule has 4 aromatic rings. The molecule has 2 aliphatic heterocycles. The van der Waals surface area contributed by atoms with Crippen molar-refractivity contribution in [2.24, 2.45) is 14.1 Å². The number of aromatic nitrogens is 4. The summed E-state index contributed by atoms with van der Waals surface area (Å²) in [5, 5.41) is 0.467. The number of piperazine rings is 1. The highest BCUT2D eigenvalue weighted by Crippen LogP contribution is 2.31. The zero-order valence-electron chi connectivity index (χ0n) is 24.0. The second-order valence-corrected chi connectivity index (χ2v) is 11.5. The maximum atomic E-state index is 13.5. The van der Waals surface area contributed by atoms with Crippen molar-refractivity contribution in [1.29, 1.82) is 0 Å². The van der Waals surface area contributed by atoms with Crippen LogP contribution in [0, 0.1) is 13.8 Å². The van der Waals surface area contributed by atoms with Gasteiger partial charge in [0, 0.05) is 45.3 Å². The van der Waals surface area contributed by atoms with Crippen molar-refractivity contribution in [3.63, 3.8) is 0 Å². The predicted molar refractivity (Wildman–Crippen MR) is 161 cm³/mol. The van der Waals surface area contributed by atoms with Gasteiger partial charge in [-0.2, -0.15) is 4.98 Å². The van der Waals surface area contributed by atoms with E-state index in [9.17, 15) is 19.2 Å². The first-order valence-electron chi connectivity index (χ1n) is 13.9. The van der Waals surface area contributed by atoms with Crippen LogP contribution in [0.15, 0.2) is 52.1 Å². The van der Waals surface area contributed by atoms with Crippen LogP contribution in [0.3, 0.4) is 0 Å². The van der Waals surface area contributed by atoms with E-state index in [0.717, 1.165) is 21.3 Å². The van der Waals surface area contributed by atoms with E-state index < -0.39 is 17.3 Å². The molecule has 0 N–H and O–H groups in total. The van der Waals surface area contributed by atoms with Crippen LogP contribution < -0.4 is 21.0 Å². The molecule has 1 unspecified atom stereocenters. The standard InChI is InChI=1S/C30H32ClN7O4/c1-18-6-5-7-20(14-18)17-37-25-26(33(3)30(42)34(4)28(25)41)32-29(37)36-12-10-35(11-13-36)23-16-24(39)38(27(23)40)22-15-21(31)9-8-19(22)2/h5-9,14-15,23H,10-13,16-17H2,1-4H3. The van der Waals surface area contributed by atoms with E-state index in [4.69, 9.17) is 16.6 Å². The van der Waals surface area contributed by atoms with Gasteiger partial charge in [-0.25, -0.2) is 9.69 Å². The lowest BCUT2D eigenvalue weighted by molar-refractivity contribution is -0.123. The Morgan fingerprint density at radius 3 is 2.38 bits per heavy atom. The molecule has 2 amide bonds. The number of amides is 2. The minimum atomic E-state index is -0.558. The zero-order chi connectivity index (χ0) is 29.9. The molecule has 11 nitrogen and oxygen atoms in total. The molecule has 2 saturated heterocycles. The van der Waals surface area contributed by atoms with Crippen molar-refractivity contribution in [2.75, 3.05) is 36.0 Å². The number of carbonyl (C=O) groups is 2. The number of aryl methyl sites for hydroxylation is 3. The third-order valence-electron chi connectivity index (χ3n) is 8.32. The summed E-state index contributed by atoms with van der Waals surface area (Å²) in [5.74, 6) is 0.105. The number of hydrogen-bond acceptors (Lipinski definition) is 7. The minimum Gasteiger partial charge on any atom is -0.340 e. The first-order chi connectivity index (χ1) is 20.0. The second kappa shape index (κ2) is 10.6. The number of halogens is 1. The van der Waals surface area contributed by atoms with Crippen molar-refractivity contribution in [2.45, 2.75) is 32.9 Å². The summed E-state index contributed by atoms with van der Waals surface area (Å²) in [6, 6.07) is 12.7. The molecule has 2 aromatic carbocycles. The molecule has 0 aliphatic carbocycles. The maximum Gasteiger partial charge on any atom is 0.332 e. The largest absolute Gasteiger partial charge is 0.340 e. The van der Waals surface area contributed by atoms with Crippen LogP contribution in [-0.4, -0.2) is 67.6 Å². The van der Waals surface area contributed by atoms with E-state index in [1.807, 2.05) is 41.5 Å². The van der Waals surface area contributed by atoms with E-state index in [1.165, 1.54) is 16.5 Å². The summed E-state index contributed by atoms with van der Waals surface area (Å²) in [6.45, 7) is 6.38. The summed E-state index contributed by atoms with van der Waals surface area (Å²) >= 11 is 6.17. The lowest BCUT2D eigenvalue weighted by Crippen LogP contribution is -2.53. The summed E-state index contributed by atoms with van der Waals surface area (Å²) in [6.07, 6.45) is 0.106. The average molecular weight is 590 g/mol. The summed E-state index contributed by atoms with van der Waals surface area (Å²) in [7, 11) is 3.09. The van der Waals surface area contributed by atoms with E-state index >= 15 is 0 Å². The number of hydrogen-bond donors (Lipinski definition) is 0. The molecule has 42 heavy (non-hydrogen) atoms. The highest BCUT2D eigenvalue weighted by atomic mass is 35.5. The van der Waals surface area contributed by atoms with Crippen molar-refractivity contribution >= 4 is 46.2 Å². The number of benzene rings is 2. The van der Waals surface area contributed by atoms with Crippen LogP contribution in [0.25, 0.3) is 11.2 Å². The topological polar surface area (TPSA) is 106 Å². The zero-order valence-corrected chi connectivity index (χ0v) is 24.8. The predicted octanol–water partition coefficient (Wildman–Crippen LogP) is 2.21. The van der Waals surface area contributed by atoms with E-state index in [0.29, 0.717) is 60.5 Å². The van der Waals surface area contributed by atoms with Gasteiger partial charge in [0.2, 0.25) is 11.9 Å². The van der Waals surface area contributed by atoms with Gasteiger partial charge in [0.05, 0.1) is 24.7 Å². The number of anilines is 2. The first-order valence-corrected chi connectivity index (χ1v) is 14.3. The monoisotopic (exact) mass is 589 g/mol. The van der Waals surface area contributed by atoms with Crippen molar-refractivity contribution < 1.29 is 9.59 Å². The maximum absolute atomic E-state index is 13.5. The number of rotatable bonds is 5. The average Bonchev–Trinajstić information content (AvgIpc) is 3.49. The third kappa shape index (κ3) is 4.62. The van der Waals surface area contributed by atoms with Crippen LogP contribution in [0.1, 0.15) is 23.1 Å². The molecule has 0 saturated carbocycles. The molecular formula is C30H32ClN7O4. The molecule has 0 spiro atoms. The van der Waals surface area contributed by atoms with Gasteiger partial charge in [-0.1, -0.05) is 47.5 Å². The van der Waals surface area contributed by atoms with Crippen LogP contribution >= 0.6 is 11.6 Å². The highest BCUT2D eigenvalue weighted by molar-refractivity contribution is 6.31. The summed E-state index contributed by atoms with van der Waals surface area (Å²) in [5.41, 5.74) is 3.30. The number of imide groups is 1. The summed E-state index contributed by atoms with van der Waals surface area (Å²) < 4.78 is 4.39. The lowest BCUT2D eigenvalue weighted by atomic mass is 10.1. The van der Waals surface area contributed by atoms with Crippen molar-refractivity contribution in [3.8, 4) is 0 Å². The molecule has 0 bridgehead atoms. The first kappa shape index (κ1) is 27.9. The third-order valence-corrected chi connectivity index (χ3v) is 8.56. The number of nitrogens with zero attached hydrogens (tertiary/aromatic N) is 7. The lowest BCUT2D eigenvalue weighted by Gasteiger charge is -2.37. The van der Waals surface area contributed by atoms with Crippen LogP contribution in [-0.2, 0) is 30.2 Å². The minimum absolute atomic E-state index is 0.106. The fourth-order valence-electron chi connectivity index (χ4n) is 6.03. The van der Waals surface area contributed by atoms with Gasteiger partial charge < -0.3 is 4.90 Å². The molecule has 0 radical (unpaired) electrons. The number of fused-ring (bicyclic) bond motifs is 1. The molecule has 2 aromatic heterocycles. The van der Waals surface area contributed by atoms with Gasteiger partial charge in [-0.15, -0.1) is 0 Å². The Morgan fingerprint density at radius 2 is 1.67 bits per heavy atom. The smallest absolute Gasteiger partial charge is 0.332 e. The van der Waals surface area contributed by atoms with E-state index in [2.05, 4.69) is 11.0 Å². The van der Waals surface area contributed by atoms with Crippen molar-refractivity contribution in [1.82, 2.24) is 23.6 Å². The molecule has 6 rings (SSSR count). The Morgan fingerprint density at radius 1 is 0.929 bits per heavy atom. The van der Waals surface area contributed by atoms with Gasteiger partial charge in [-0.3, -0.25) is 33.0 Å². The SMILES string of the molecule is Cc1cccc(Cn2c(N3CCN(C4CC(=O)N(c5cc(Cl)ccc5C)C4=O)CC3)nc3c2c(=O)n(C)c(=O)n3C)c1. The van der Waals surface area contributed by atoms with Crippen LogP contribution in [0.4, 0.5) is 11.6 Å². The molecule has 2 fully saturated rings. The van der Waals surface area contributed by atoms with E-state index in [-0.39, 0.29) is 18.2 Å². The van der Waals surface area contributed by atoms with Crippen LogP contribution in [0.5, 0.6) is 0 Å². The molecule has 2 aliphatic rings. The quantitative estimate of drug-likeness (QED) is 0.329. The van der Waals surface area contributed by atoms with Gasteiger partial charge in [0.1, 0.15) is 0 Å². The van der Waals surface area contributed by atoms with Gasteiger partial charge in [0.25, 0.3) is 11.5 Å². The Kier molecular flexibility index (Phi) is 7.02. The Balaban J connectivity index is 1.30. The fraction of sp³-hybridized carbons (Fsp3) is 0.367. The van der Waals surface area contributed by atoms with Gasteiger partial charge >= 0.3 is 5.69 Å². The number of imidazole rings is 1. The Bertz CT molecular complexity index is 1870. The van der Waals surface area contributed by atoms with Crippen LogP contribution in [0.2, 0.25) is 5.02 Å². The molecule has 4 heterocycles. The molecular weight excluding hydrogens is 558 g/mol. The number of carbonyl (C=O) groups excluding carboxylic acids is 2. The fourth-order valence-corrected chi connectivity index (χ4v) is 6.20. The molecule has 1 atom stereocenters. The normalized spacial score (nSPS) is 18.1. The second-order valence-electron chi connectivity index (χ2n) is 11.1. The molecule has 12 heteroatoms. The summed E-state index contributed by atoms with van der Waals surface area (Å²) in [4.78, 5) is 62.7. The molecule has 218 valence electrons. The Hall–Kier alpha value is -4.22. The van der Waals surface area contributed by atoms with Gasteiger partial charge in [-0.05, 0) is 37.1 Å². The van der Waals surface area contributed by atoms with E-state index in [1.54, 1.807) is 25.2 Å². The highest BCUT2D eigenvalue weighted by Gasteiger charge is 2.44. The van der Waals surface area contributed by atoms with Crippen molar-refractivity contribution in [3.05, 3.63) is 85.0 Å².